The van der Waals surface area contributed by atoms with E-state index in [1.54, 1.807) is 0 Å². The molecule has 1 unspecified atom stereocenters. The third kappa shape index (κ3) is 4.80. The van der Waals surface area contributed by atoms with Crippen molar-refractivity contribution in [2.75, 3.05) is 0 Å². The minimum absolute atomic E-state index is 0.0664. The predicted octanol–water partition coefficient (Wildman–Crippen LogP) is 3.24. The zero-order valence-corrected chi connectivity index (χ0v) is 10.9. The van der Waals surface area contributed by atoms with Gasteiger partial charge in [0.25, 0.3) is 0 Å². The van der Waals surface area contributed by atoms with Crippen molar-refractivity contribution in [3.63, 3.8) is 0 Å². The average Bonchev–Trinajstić information content (AvgIpc) is 2.38. The topological polar surface area (TPSA) is 40.5 Å². The van der Waals surface area contributed by atoms with Crippen LogP contribution in [0.5, 0.6) is 0 Å². The molecule has 0 saturated heterocycles. The Labute approximate surface area is 109 Å². The molecule has 3 atom stereocenters. The molecule has 1 aromatic rings. The van der Waals surface area contributed by atoms with Gasteiger partial charge in [0.05, 0.1) is 6.10 Å². The Bertz CT molecular complexity index is 379. The van der Waals surface area contributed by atoms with E-state index in [2.05, 4.69) is 0 Å². The summed E-state index contributed by atoms with van der Waals surface area (Å²) in [7, 11) is 0. The third-order valence-electron chi connectivity index (χ3n) is 2.57. The molecule has 0 radical (unpaired) electrons. The molecule has 0 heterocycles. The summed E-state index contributed by atoms with van der Waals surface area (Å²) in [6.07, 6.45) is -9.93. The van der Waals surface area contributed by atoms with Gasteiger partial charge in [0.15, 0.2) is 6.10 Å². The van der Waals surface area contributed by atoms with E-state index in [0.29, 0.717) is 0 Å². The summed E-state index contributed by atoms with van der Waals surface area (Å²) in [5, 5.41) is 18.2. The van der Waals surface area contributed by atoms with Crippen LogP contribution in [0.25, 0.3) is 0 Å². The smallest absolute Gasteiger partial charge is 0.389 e. The fourth-order valence-corrected chi connectivity index (χ4v) is 1.50. The van der Waals surface area contributed by atoms with Crippen molar-refractivity contribution < 1.29 is 27.8 Å². The van der Waals surface area contributed by atoms with Gasteiger partial charge in [-0.25, -0.2) is 4.39 Å². The second-order valence-electron chi connectivity index (χ2n) is 3.79. The highest BCUT2D eigenvalue weighted by atomic mass is 19.4. The molecule has 0 amide bonds. The summed E-state index contributed by atoms with van der Waals surface area (Å²) < 4.78 is 49.8. The largest absolute Gasteiger partial charge is 0.416 e. The van der Waals surface area contributed by atoms with Crippen LogP contribution in [0, 0.1) is 5.82 Å². The van der Waals surface area contributed by atoms with Crippen molar-refractivity contribution in [3.05, 3.63) is 35.6 Å². The Morgan fingerprint density at radius 1 is 1.05 bits per heavy atom. The lowest BCUT2D eigenvalue weighted by Gasteiger charge is -2.25. The second kappa shape index (κ2) is 7.45. The summed E-state index contributed by atoms with van der Waals surface area (Å²) >= 11 is 0. The van der Waals surface area contributed by atoms with Gasteiger partial charge in [-0.2, -0.15) is 13.2 Å². The van der Waals surface area contributed by atoms with Crippen LogP contribution in [0.4, 0.5) is 17.6 Å². The van der Waals surface area contributed by atoms with Crippen LogP contribution in [-0.4, -0.2) is 28.6 Å². The molecule has 110 valence electrons. The zero-order valence-electron chi connectivity index (χ0n) is 10.9. The normalized spacial score (nSPS) is 16.1. The van der Waals surface area contributed by atoms with E-state index < -0.39 is 30.1 Å². The predicted molar refractivity (Wildman–Crippen MR) is 64.2 cm³/mol. The van der Waals surface area contributed by atoms with Gasteiger partial charge in [0, 0.05) is 5.92 Å². The highest BCUT2D eigenvalue weighted by Gasteiger charge is 2.45. The molecule has 1 rings (SSSR count). The summed E-state index contributed by atoms with van der Waals surface area (Å²) in [6.45, 7) is 5.22. The summed E-state index contributed by atoms with van der Waals surface area (Å²) in [6, 6.07) is 5.19. The number of hydrogen-bond donors (Lipinski definition) is 2. The molecule has 0 aliphatic rings. The van der Waals surface area contributed by atoms with Crippen LogP contribution in [0.3, 0.4) is 0 Å². The van der Waals surface area contributed by atoms with Gasteiger partial charge in [-0.05, 0) is 11.6 Å². The molecule has 0 aromatic heterocycles. The summed E-state index contributed by atoms with van der Waals surface area (Å²) in [5.41, 5.74) is -0.0664. The second-order valence-corrected chi connectivity index (χ2v) is 3.79. The Balaban J connectivity index is 0.00000154. The van der Waals surface area contributed by atoms with Crippen molar-refractivity contribution in [1.29, 1.82) is 0 Å². The molecule has 0 aliphatic carbocycles. The molecule has 0 spiro atoms. The van der Waals surface area contributed by atoms with E-state index in [1.807, 2.05) is 13.8 Å². The molecular formula is C13H18F4O2. The molecule has 2 N–H and O–H groups in total. The van der Waals surface area contributed by atoms with E-state index in [-0.39, 0.29) is 5.56 Å². The van der Waals surface area contributed by atoms with Gasteiger partial charge in [-0.1, -0.05) is 39.0 Å². The van der Waals surface area contributed by atoms with Gasteiger partial charge >= 0.3 is 6.18 Å². The van der Waals surface area contributed by atoms with E-state index in [4.69, 9.17) is 5.11 Å². The van der Waals surface area contributed by atoms with E-state index in [0.717, 1.165) is 6.07 Å². The SMILES string of the molecule is CC.CC(c1ccccc1F)[C@@H](O)[C@H](O)C(F)(F)F. The number of halogens is 4. The average molecular weight is 282 g/mol. The number of aliphatic hydroxyl groups is 2. The van der Waals surface area contributed by atoms with Crippen molar-refractivity contribution in [2.45, 2.75) is 45.1 Å². The number of benzene rings is 1. The monoisotopic (exact) mass is 282 g/mol. The first-order valence-corrected chi connectivity index (χ1v) is 5.92. The minimum atomic E-state index is -4.93. The third-order valence-corrected chi connectivity index (χ3v) is 2.57. The standard InChI is InChI=1S/C11H12F4O2.C2H6/c1-6(7-4-2-3-5-8(7)12)9(16)10(17)11(13,14)15;1-2/h2-6,9-10,16-17H,1H3;1-2H3/t6?,9-,10+;/m1./s1. The van der Waals surface area contributed by atoms with E-state index >= 15 is 0 Å². The van der Waals surface area contributed by atoms with Crippen LogP contribution in [0.15, 0.2) is 24.3 Å². The van der Waals surface area contributed by atoms with Gasteiger partial charge < -0.3 is 10.2 Å². The molecule has 19 heavy (non-hydrogen) atoms. The van der Waals surface area contributed by atoms with E-state index in [1.165, 1.54) is 25.1 Å². The molecule has 6 heteroatoms. The number of hydrogen-bond acceptors (Lipinski definition) is 2. The molecule has 0 bridgehead atoms. The maximum absolute atomic E-state index is 13.3. The zero-order chi connectivity index (χ0) is 15.2. The van der Waals surface area contributed by atoms with Crippen LogP contribution in [0.1, 0.15) is 32.3 Å². The first kappa shape index (κ1) is 17.9. The van der Waals surface area contributed by atoms with Gasteiger partial charge in [-0.15, -0.1) is 0 Å². The maximum Gasteiger partial charge on any atom is 0.416 e. The van der Waals surface area contributed by atoms with Gasteiger partial charge in [0.2, 0.25) is 0 Å². The van der Waals surface area contributed by atoms with Crippen LogP contribution < -0.4 is 0 Å². The summed E-state index contributed by atoms with van der Waals surface area (Å²) in [5.74, 6) is -1.87. The van der Waals surface area contributed by atoms with Crippen LogP contribution in [-0.2, 0) is 0 Å². The fourth-order valence-electron chi connectivity index (χ4n) is 1.50. The lowest BCUT2D eigenvalue weighted by molar-refractivity contribution is -0.232. The van der Waals surface area contributed by atoms with Gasteiger partial charge in [0.1, 0.15) is 5.82 Å². The Hall–Kier alpha value is -1.14. The highest BCUT2D eigenvalue weighted by Crippen LogP contribution is 2.30. The molecule has 1 aromatic carbocycles. The summed E-state index contributed by atoms with van der Waals surface area (Å²) in [4.78, 5) is 0. The quantitative estimate of drug-likeness (QED) is 0.836. The van der Waals surface area contributed by atoms with Crippen LogP contribution in [0.2, 0.25) is 0 Å². The Morgan fingerprint density at radius 2 is 1.53 bits per heavy atom. The number of alkyl halides is 3. The highest BCUT2D eigenvalue weighted by molar-refractivity contribution is 5.22. The number of aliphatic hydroxyl groups excluding tert-OH is 2. The molecule has 0 saturated carbocycles. The number of rotatable bonds is 3. The van der Waals surface area contributed by atoms with Crippen molar-refractivity contribution in [1.82, 2.24) is 0 Å². The maximum atomic E-state index is 13.3. The minimum Gasteiger partial charge on any atom is -0.389 e. The molecular weight excluding hydrogens is 264 g/mol. The lowest BCUT2D eigenvalue weighted by atomic mass is 9.91. The first-order valence-electron chi connectivity index (χ1n) is 5.92. The van der Waals surface area contributed by atoms with Gasteiger partial charge in [-0.3, -0.25) is 0 Å². The molecule has 0 fully saturated rings. The molecule has 2 nitrogen and oxygen atoms in total. The Kier molecular flexibility index (Phi) is 7.00. The lowest BCUT2D eigenvalue weighted by Crippen LogP contribution is -2.42. The van der Waals surface area contributed by atoms with Crippen molar-refractivity contribution in [3.8, 4) is 0 Å². The fraction of sp³-hybridized carbons (Fsp3) is 0.538. The first-order chi connectivity index (χ1) is 8.75. The van der Waals surface area contributed by atoms with E-state index in [9.17, 15) is 22.7 Å². The molecule has 0 aliphatic heterocycles. The van der Waals surface area contributed by atoms with Crippen molar-refractivity contribution in [2.24, 2.45) is 0 Å². The van der Waals surface area contributed by atoms with Crippen molar-refractivity contribution >= 4 is 0 Å². The van der Waals surface area contributed by atoms with Crippen LogP contribution >= 0.6 is 0 Å². The Morgan fingerprint density at radius 3 is 1.95 bits per heavy atom.